The zero-order chi connectivity index (χ0) is 65.1. The zero-order valence-corrected chi connectivity index (χ0v) is 53.5. The average Bonchev–Trinajstić information content (AvgIpc) is 1.57. The van der Waals surface area contributed by atoms with Crippen LogP contribution in [0.5, 0.6) is 0 Å². The molecule has 4 heterocycles. The number of likely N-dealkylation sites (N-methyl/N-ethyl adjacent to an activating group) is 2. The van der Waals surface area contributed by atoms with E-state index >= 15 is 13.6 Å². The standard InChI is InChI=1S/C65H88F2N14O10/c1-10-48-57(76-91-75-48)61(85)74-59(63(87)71-50-18-16-40(28-46(50)66)35(4)55(69-37(6)82)65(89)80-27-24-78(8)34(3)32-80)54(39-14-15-39)45-31-43(45)42-30-44(42)53(38-12-13-38)58(73-60(84)51-20-21-68-81(51)11-2)62(86)70-49-19-17-41(29-47(49)67)36(5)56(72-52(83)33-90-9)64(88)79-25-22-77(7)23-26-79/h16-21,28-29,34-36,38-39,42-45,53-56,58-59H,10-15,22-27,30-33H2,1-9H3,(H,69,82)(H,70,86)(H,71,87)(H,72,83)(H,73,84)(H,74,85)/t34-,35+,36+,42?,43?,44?,45?,53?,54?,55-,56-,58+,59+/m1/s1. The number of nitrogens with one attached hydrogen (secondary N) is 6. The molecule has 10 rings (SSSR count). The molecule has 0 spiro atoms. The molecule has 26 heteroatoms. The molecule has 4 saturated carbocycles. The largest absolute Gasteiger partial charge is 0.375 e. The summed E-state index contributed by atoms with van der Waals surface area (Å²) < 4.78 is 44.7. The molecule has 91 heavy (non-hydrogen) atoms. The first-order chi connectivity index (χ1) is 43.6. The molecule has 0 bridgehead atoms. The van der Waals surface area contributed by atoms with Crippen LogP contribution < -0.4 is 31.9 Å². The van der Waals surface area contributed by atoms with E-state index in [-0.39, 0.29) is 88.7 Å². The summed E-state index contributed by atoms with van der Waals surface area (Å²) in [4.78, 5) is 120. The minimum Gasteiger partial charge on any atom is -0.375 e. The highest BCUT2D eigenvalue weighted by Gasteiger charge is 2.64. The number of hydrogen-bond acceptors (Lipinski definition) is 15. The lowest BCUT2D eigenvalue weighted by molar-refractivity contribution is -0.139. The normalized spacial score (nSPS) is 23.5. The van der Waals surface area contributed by atoms with Crippen molar-refractivity contribution in [2.24, 2.45) is 47.3 Å². The number of aromatic nitrogens is 4. The Morgan fingerprint density at radius 2 is 1.20 bits per heavy atom. The number of piperazine rings is 2. The minimum atomic E-state index is -1.16. The highest BCUT2D eigenvalue weighted by Crippen LogP contribution is 2.67. The van der Waals surface area contributed by atoms with Crippen LogP contribution in [0.2, 0.25) is 0 Å². The van der Waals surface area contributed by atoms with Crippen LogP contribution in [0.4, 0.5) is 20.2 Å². The summed E-state index contributed by atoms with van der Waals surface area (Å²) in [6, 6.07) is 5.96. The van der Waals surface area contributed by atoms with Crippen molar-refractivity contribution < 1.29 is 56.5 Å². The molecule has 2 aromatic carbocycles. The van der Waals surface area contributed by atoms with Crippen LogP contribution >= 0.6 is 0 Å². The maximum Gasteiger partial charge on any atom is 0.276 e. The van der Waals surface area contributed by atoms with E-state index < -0.39 is 89.0 Å². The van der Waals surface area contributed by atoms with E-state index in [9.17, 15) is 33.6 Å². The van der Waals surface area contributed by atoms with Crippen LogP contribution in [0.25, 0.3) is 0 Å². The number of benzene rings is 2. The first-order valence-corrected chi connectivity index (χ1v) is 32.3. The minimum absolute atomic E-state index is 0.0337. The van der Waals surface area contributed by atoms with Crippen molar-refractivity contribution >= 4 is 58.6 Å². The fourth-order valence-electron chi connectivity index (χ4n) is 14.2. The number of halogens is 2. The van der Waals surface area contributed by atoms with Crippen LogP contribution in [0.1, 0.15) is 130 Å². The van der Waals surface area contributed by atoms with Gasteiger partial charge >= 0.3 is 0 Å². The highest BCUT2D eigenvalue weighted by atomic mass is 19.1. The number of hydrogen-bond donors (Lipinski definition) is 6. The van der Waals surface area contributed by atoms with Crippen molar-refractivity contribution in [3.8, 4) is 0 Å². The Morgan fingerprint density at radius 1 is 0.670 bits per heavy atom. The average molecular weight is 1260 g/mol. The molecule has 0 radical (unpaired) electrons. The molecule has 4 aromatic rings. The van der Waals surface area contributed by atoms with Gasteiger partial charge in [0.05, 0.1) is 11.4 Å². The molecule has 4 aliphatic carbocycles. The maximum atomic E-state index is 16.6. The molecule has 2 saturated heterocycles. The number of carbonyl (C=O) groups is 8. The van der Waals surface area contributed by atoms with Gasteiger partial charge in [0, 0.05) is 90.5 Å². The maximum absolute atomic E-state index is 16.6. The Labute approximate surface area is 529 Å². The van der Waals surface area contributed by atoms with Gasteiger partial charge in [-0.3, -0.25) is 43.0 Å². The van der Waals surface area contributed by atoms with Gasteiger partial charge < -0.3 is 56.2 Å². The molecule has 8 amide bonds. The second-order valence-corrected chi connectivity index (χ2v) is 26.2. The topological polar surface area (TPSA) is 288 Å². The summed E-state index contributed by atoms with van der Waals surface area (Å²) in [5.74, 6) is -7.50. The SMILES string of the molecule is CCc1nonc1C(=O)N[C@H](C(=O)Nc1ccc([C@H](C)[C@@H](NC(C)=O)C(=O)N2CCN(C)[C@H](C)C2)cc1F)C(C1CC1)C1CC1C1CC1C(C1CC1)[C@H](NC(=O)c1ccnn1CC)C(=O)Nc1ccc([C@H](C)[C@@H](NC(=O)COC)C(=O)N2CCN(C)CC2)cc1F. The molecule has 24 nitrogen and oxygen atoms in total. The van der Waals surface area contributed by atoms with Crippen LogP contribution in [0, 0.1) is 59.0 Å². The van der Waals surface area contributed by atoms with E-state index in [1.165, 1.54) is 49.2 Å². The third-order valence-electron chi connectivity index (χ3n) is 20.0. The predicted octanol–water partition coefficient (Wildman–Crippen LogP) is 4.41. The number of amides is 8. The number of rotatable bonds is 27. The summed E-state index contributed by atoms with van der Waals surface area (Å²) in [6.45, 7) is 14.4. The Balaban J connectivity index is 0.880. The molecule has 6 aliphatic rings. The number of nitrogens with zero attached hydrogens (tertiary/aromatic N) is 8. The lowest BCUT2D eigenvalue weighted by atomic mass is 9.84. The van der Waals surface area contributed by atoms with Gasteiger partial charge in [-0.15, -0.1) is 0 Å². The number of methoxy groups -OCH3 is 1. The van der Waals surface area contributed by atoms with Gasteiger partial charge in [0.15, 0.2) is 5.69 Å². The van der Waals surface area contributed by atoms with Gasteiger partial charge in [-0.25, -0.2) is 13.4 Å². The number of carbonyl (C=O) groups excluding carboxylic acids is 8. The van der Waals surface area contributed by atoms with E-state index in [4.69, 9.17) is 9.37 Å². The summed E-state index contributed by atoms with van der Waals surface area (Å²) in [6.07, 6.45) is 6.46. The molecule has 13 atom stereocenters. The summed E-state index contributed by atoms with van der Waals surface area (Å²) in [5.41, 5.74) is 1.03. The van der Waals surface area contributed by atoms with Gasteiger partial charge in [-0.05, 0) is 167 Å². The van der Waals surface area contributed by atoms with E-state index in [2.05, 4.69) is 57.1 Å². The van der Waals surface area contributed by atoms with E-state index in [1.54, 1.807) is 48.8 Å². The third-order valence-corrected chi connectivity index (χ3v) is 20.0. The number of anilines is 2. The van der Waals surface area contributed by atoms with Crippen LogP contribution in [0.3, 0.4) is 0 Å². The van der Waals surface area contributed by atoms with Gasteiger partial charge in [0.2, 0.25) is 35.4 Å². The Morgan fingerprint density at radius 3 is 1.69 bits per heavy atom. The van der Waals surface area contributed by atoms with E-state index in [1.807, 2.05) is 27.9 Å². The van der Waals surface area contributed by atoms with Gasteiger partial charge in [-0.1, -0.05) is 38.1 Å². The fraction of sp³-hybridized carbons (Fsp3) is 0.615. The van der Waals surface area contributed by atoms with Gasteiger partial charge in [0.1, 0.15) is 53.8 Å². The molecule has 6 unspecified atom stereocenters. The lowest BCUT2D eigenvalue weighted by Gasteiger charge is -2.40. The van der Waals surface area contributed by atoms with Gasteiger partial charge in [-0.2, -0.15) is 5.10 Å². The zero-order valence-electron chi connectivity index (χ0n) is 53.5. The second-order valence-electron chi connectivity index (χ2n) is 26.2. The molecular weight excluding hydrogens is 1170 g/mol. The summed E-state index contributed by atoms with van der Waals surface area (Å²) >= 11 is 0. The van der Waals surface area contributed by atoms with Crippen molar-refractivity contribution in [1.82, 2.24) is 61.0 Å². The summed E-state index contributed by atoms with van der Waals surface area (Å²) in [5, 5.41) is 29.4. The first-order valence-electron chi connectivity index (χ1n) is 32.3. The molecule has 6 fully saturated rings. The first kappa shape index (κ1) is 66.2. The van der Waals surface area contributed by atoms with Crippen LogP contribution in [-0.2, 0) is 46.5 Å². The Kier molecular flexibility index (Phi) is 20.7. The monoisotopic (exact) mass is 1260 g/mol. The molecule has 6 N–H and O–H groups in total. The van der Waals surface area contributed by atoms with Gasteiger partial charge in [0.25, 0.3) is 11.8 Å². The highest BCUT2D eigenvalue weighted by molar-refractivity contribution is 6.02. The van der Waals surface area contributed by atoms with Crippen molar-refractivity contribution in [3.63, 3.8) is 0 Å². The smallest absolute Gasteiger partial charge is 0.276 e. The van der Waals surface area contributed by atoms with E-state index in [0.717, 1.165) is 25.7 Å². The van der Waals surface area contributed by atoms with Crippen molar-refractivity contribution in [2.75, 3.05) is 84.3 Å². The third kappa shape index (κ3) is 15.3. The molecular formula is C65H88F2N14O10. The van der Waals surface area contributed by atoms with Crippen molar-refractivity contribution in [3.05, 3.63) is 88.5 Å². The molecule has 2 aromatic heterocycles. The fourth-order valence-corrected chi connectivity index (χ4v) is 14.2. The number of ether oxygens (including phenoxy) is 1. The molecule has 2 aliphatic heterocycles. The Bertz CT molecular complexity index is 3350. The van der Waals surface area contributed by atoms with Crippen molar-refractivity contribution in [2.45, 2.75) is 135 Å². The lowest BCUT2D eigenvalue weighted by Crippen LogP contribution is -2.57. The number of aryl methyl sites for hydroxylation is 2. The van der Waals surface area contributed by atoms with Crippen LogP contribution in [0.15, 0.2) is 53.3 Å². The quantitative estimate of drug-likeness (QED) is 0.0482. The second kappa shape index (κ2) is 28.4. The predicted molar refractivity (Wildman–Crippen MR) is 331 cm³/mol. The Hall–Kier alpha value is -7.71. The van der Waals surface area contributed by atoms with Crippen LogP contribution in [-0.4, -0.2) is 191 Å². The molecule has 492 valence electrons. The van der Waals surface area contributed by atoms with Crippen molar-refractivity contribution in [1.29, 1.82) is 0 Å². The van der Waals surface area contributed by atoms with E-state index in [0.29, 0.717) is 88.4 Å². The summed E-state index contributed by atoms with van der Waals surface area (Å²) in [7, 11) is 5.33.